The summed E-state index contributed by atoms with van der Waals surface area (Å²) in [5, 5.41) is 7.30. The predicted molar refractivity (Wildman–Crippen MR) is 121 cm³/mol. The molecular formula is C24H22N4O5. The predicted octanol–water partition coefficient (Wildman–Crippen LogP) is 3.85. The van der Waals surface area contributed by atoms with E-state index >= 15 is 0 Å². The summed E-state index contributed by atoms with van der Waals surface area (Å²) in [4.78, 5) is 17.4. The van der Waals surface area contributed by atoms with E-state index in [-0.39, 0.29) is 12.7 Å². The molecule has 0 aliphatic carbocycles. The highest BCUT2D eigenvalue weighted by Crippen LogP contribution is 2.35. The molecule has 1 aliphatic rings. The molecule has 0 radical (unpaired) electrons. The summed E-state index contributed by atoms with van der Waals surface area (Å²) in [6, 6.07) is 14.6. The Balaban J connectivity index is 1.33. The molecule has 3 heterocycles. The topological polar surface area (TPSA) is 96.2 Å². The van der Waals surface area contributed by atoms with Crippen LogP contribution in [0.5, 0.6) is 23.1 Å². The second-order valence-electron chi connectivity index (χ2n) is 7.60. The van der Waals surface area contributed by atoms with Crippen LogP contribution in [0.4, 0.5) is 5.69 Å². The van der Waals surface area contributed by atoms with Gasteiger partial charge >= 0.3 is 0 Å². The number of carbonyl (C=O) groups is 1. The van der Waals surface area contributed by atoms with Crippen LogP contribution in [-0.2, 0) is 4.79 Å². The molecular weight excluding hydrogens is 424 g/mol. The average molecular weight is 446 g/mol. The van der Waals surface area contributed by atoms with Gasteiger partial charge in [0.15, 0.2) is 23.3 Å². The van der Waals surface area contributed by atoms with Crippen molar-refractivity contribution in [2.45, 2.75) is 20.0 Å². The SMILES string of the molecule is COc1ccc2nc(-c3ccc(C)c(NC(=O)[C@@H](C)Oc4ccc5c(c4)OCO5)c3)cn2n1. The second-order valence-corrected chi connectivity index (χ2v) is 7.60. The van der Waals surface area contributed by atoms with Crippen molar-refractivity contribution in [3.05, 3.63) is 60.3 Å². The number of nitrogens with zero attached hydrogens (tertiary/aromatic N) is 3. The zero-order chi connectivity index (χ0) is 22.9. The van der Waals surface area contributed by atoms with Gasteiger partial charge in [0.2, 0.25) is 12.7 Å². The molecule has 0 spiro atoms. The molecule has 9 heteroatoms. The molecule has 0 fully saturated rings. The number of amides is 1. The molecule has 0 bridgehead atoms. The van der Waals surface area contributed by atoms with Gasteiger partial charge in [0.05, 0.1) is 19.0 Å². The monoisotopic (exact) mass is 446 g/mol. The normalized spacial score (nSPS) is 13.1. The molecule has 9 nitrogen and oxygen atoms in total. The molecule has 0 saturated carbocycles. The highest BCUT2D eigenvalue weighted by molar-refractivity contribution is 5.95. The van der Waals surface area contributed by atoms with E-state index in [1.165, 1.54) is 0 Å². The first-order chi connectivity index (χ1) is 16.0. The quantitative estimate of drug-likeness (QED) is 0.481. The fourth-order valence-corrected chi connectivity index (χ4v) is 3.47. The maximum absolute atomic E-state index is 12.8. The number of aromatic nitrogens is 3. The number of anilines is 1. The van der Waals surface area contributed by atoms with Crippen LogP contribution < -0.4 is 24.3 Å². The van der Waals surface area contributed by atoms with Crippen molar-refractivity contribution >= 4 is 17.2 Å². The van der Waals surface area contributed by atoms with Crippen LogP contribution in [0.1, 0.15) is 12.5 Å². The van der Waals surface area contributed by atoms with E-state index in [4.69, 9.17) is 18.9 Å². The van der Waals surface area contributed by atoms with Crippen molar-refractivity contribution < 1.29 is 23.7 Å². The van der Waals surface area contributed by atoms with Crippen molar-refractivity contribution in [1.82, 2.24) is 14.6 Å². The van der Waals surface area contributed by atoms with Crippen LogP contribution in [0.25, 0.3) is 16.9 Å². The summed E-state index contributed by atoms with van der Waals surface area (Å²) in [5.74, 6) is 2.02. The molecule has 2 aromatic carbocycles. The van der Waals surface area contributed by atoms with E-state index in [9.17, 15) is 4.79 Å². The minimum absolute atomic E-state index is 0.181. The lowest BCUT2D eigenvalue weighted by Crippen LogP contribution is -2.30. The van der Waals surface area contributed by atoms with Crippen molar-refractivity contribution in [2.75, 3.05) is 19.2 Å². The molecule has 0 unspecified atom stereocenters. The lowest BCUT2D eigenvalue weighted by molar-refractivity contribution is -0.122. The first-order valence-corrected chi connectivity index (χ1v) is 10.4. The highest BCUT2D eigenvalue weighted by Gasteiger charge is 2.19. The smallest absolute Gasteiger partial charge is 0.265 e. The zero-order valence-corrected chi connectivity index (χ0v) is 18.4. The van der Waals surface area contributed by atoms with Crippen LogP contribution in [0.2, 0.25) is 0 Å². The third-order valence-electron chi connectivity index (χ3n) is 5.32. The Morgan fingerprint density at radius 3 is 2.82 bits per heavy atom. The van der Waals surface area contributed by atoms with Crippen LogP contribution in [-0.4, -0.2) is 40.5 Å². The molecule has 1 amide bonds. The number of aryl methyl sites for hydroxylation is 1. The summed E-state index contributed by atoms with van der Waals surface area (Å²) in [7, 11) is 1.57. The van der Waals surface area contributed by atoms with Crippen molar-refractivity contribution in [3.63, 3.8) is 0 Å². The summed E-state index contributed by atoms with van der Waals surface area (Å²) in [6.45, 7) is 3.81. The van der Waals surface area contributed by atoms with Gasteiger partial charge in [0, 0.05) is 23.4 Å². The van der Waals surface area contributed by atoms with Gasteiger partial charge in [-0.25, -0.2) is 9.50 Å². The van der Waals surface area contributed by atoms with E-state index in [0.29, 0.717) is 34.5 Å². The van der Waals surface area contributed by atoms with Gasteiger partial charge in [-0.1, -0.05) is 12.1 Å². The summed E-state index contributed by atoms with van der Waals surface area (Å²) in [5.41, 5.74) is 3.88. The lowest BCUT2D eigenvalue weighted by atomic mass is 10.1. The van der Waals surface area contributed by atoms with E-state index in [0.717, 1.165) is 16.8 Å². The highest BCUT2D eigenvalue weighted by atomic mass is 16.7. The first-order valence-electron chi connectivity index (χ1n) is 10.4. The summed E-state index contributed by atoms with van der Waals surface area (Å²) >= 11 is 0. The number of hydrogen-bond donors (Lipinski definition) is 1. The Kier molecular flexibility index (Phi) is 5.21. The van der Waals surface area contributed by atoms with E-state index in [2.05, 4.69) is 15.4 Å². The van der Waals surface area contributed by atoms with Gasteiger partial charge in [0.25, 0.3) is 5.91 Å². The Hall–Kier alpha value is -4.27. The number of fused-ring (bicyclic) bond motifs is 2. The molecule has 168 valence electrons. The number of carbonyl (C=O) groups excluding carboxylic acids is 1. The van der Waals surface area contributed by atoms with Gasteiger partial charge in [-0.15, -0.1) is 5.10 Å². The van der Waals surface area contributed by atoms with Gasteiger partial charge in [-0.2, -0.15) is 0 Å². The molecule has 1 aliphatic heterocycles. The average Bonchev–Trinajstić information content (AvgIpc) is 3.46. The fraction of sp³-hybridized carbons (Fsp3) is 0.208. The van der Waals surface area contributed by atoms with Crippen molar-refractivity contribution in [2.24, 2.45) is 0 Å². The Morgan fingerprint density at radius 2 is 1.97 bits per heavy atom. The summed E-state index contributed by atoms with van der Waals surface area (Å²) < 4.78 is 23.3. The molecule has 5 rings (SSSR count). The van der Waals surface area contributed by atoms with E-state index in [1.54, 1.807) is 42.8 Å². The first kappa shape index (κ1) is 20.6. The van der Waals surface area contributed by atoms with Gasteiger partial charge in [0.1, 0.15) is 5.75 Å². The van der Waals surface area contributed by atoms with E-state index in [1.807, 2.05) is 37.4 Å². The third-order valence-corrected chi connectivity index (χ3v) is 5.32. The Labute approximate surface area is 189 Å². The molecule has 0 saturated heterocycles. The number of nitrogens with one attached hydrogen (secondary N) is 1. The maximum atomic E-state index is 12.8. The third kappa shape index (κ3) is 4.12. The van der Waals surface area contributed by atoms with Crippen LogP contribution in [0.15, 0.2) is 54.7 Å². The fourth-order valence-electron chi connectivity index (χ4n) is 3.47. The van der Waals surface area contributed by atoms with Crippen molar-refractivity contribution in [1.29, 1.82) is 0 Å². The largest absolute Gasteiger partial charge is 0.481 e. The number of benzene rings is 2. The molecule has 2 aromatic heterocycles. The number of methoxy groups -OCH3 is 1. The van der Waals surface area contributed by atoms with E-state index < -0.39 is 6.10 Å². The van der Waals surface area contributed by atoms with Crippen molar-refractivity contribution in [3.8, 4) is 34.4 Å². The molecule has 1 atom stereocenters. The molecule has 33 heavy (non-hydrogen) atoms. The van der Waals surface area contributed by atoms with Gasteiger partial charge in [-0.05, 0) is 43.7 Å². The number of imidazole rings is 1. The second kappa shape index (κ2) is 8.34. The number of hydrogen-bond acceptors (Lipinski definition) is 7. The zero-order valence-electron chi connectivity index (χ0n) is 18.4. The van der Waals surface area contributed by atoms with Gasteiger partial charge < -0.3 is 24.3 Å². The Bertz CT molecular complexity index is 1350. The minimum atomic E-state index is -0.722. The summed E-state index contributed by atoms with van der Waals surface area (Å²) in [6.07, 6.45) is 1.10. The standard InChI is InChI=1S/C24H22N4O5/c1-14-4-5-16(19-12-28-22(25-19)8-9-23(27-28)30-3)10-18(14)26-24(29)15(2)33-17-6-7-20-21(11-17)32-13-31-20/h4-12,15H,13H2,1-3H3,(H,26,29)/t15-/m1/s1. The van der Waals surface area contributed by atoms with Crippen LogP contribution in [0.3, 0.4) is 0 Å². The number of ether oxygens (including phenoxy) is 4. The molecule has 1 N–H and O–H groups in total. The molecule has 4 aromatic rings. The van der Waals surface area contributed by atoms with Gasteiger partial charge in [-0.3, -0.25) is 4.79 Å². The minimum Gasteiger partial charge on any atom is -0.481 e. The number of rotatable bonds is 6. The Morgan fingerprint density at radius 1 is 1.12 bits per heavy atom. The van der Waals surface area contributed by atoms with Crippen LogP contribution >= 0.6 is 0 Å². The lowest BCUT2D eigenvalue weighted by Gasteiger charge is -2.16. The van der Waals surface area contributed by atoms with Crippen LogP contribution in [0, 0.1) is 6.92 Å². The maximum Gasteiger partial charge on any atom is 0.265 e.